The topological polar surface area (TPSA) is 61.8 Å². The molecule has 23 heavy (non-hydrogen) atoms. The van der Waals surface area contributed by atoms with Crippen LogP contribution >= 0.6 is 0 Å². The zero-order valence-electron chi connectivity index (χ0n) is 13.9. The molecule has 0 bridgehead atoms. The van der Waals surface area contributed by atoms with E-state index in [0.717, 1.165) is 43.8 Å². The molecule has 1 saturated heterocycles. The standard InChI is InChI=1S/C18H26N2O3/c1-12-7-13(3-6-17(12)23-2)8-20-9-14(11-21)16(10-20)18(22)19-15-4-5-15/h3,6-7,14-16,21H,4-5,8-11H2,1-2H3,(H,19,22)/t14-,16+/m0/s1. The smallest absolute Gasteiger partial charge is 0.225 e. The summed E-state index contributed by atoms with van der Waals surface area (Å²) in [5, 5.41) is 12.7. The summed E-state index contributed by atoms with van der Waals surface area (Å²) in [6.45, 7) is 4.39. The first kappa shape index (κ1) is 16.3. The summed E-state index contributed by atoms with van der Waals surface area (Å²) in [7, 11) is 1.68. The van der Waals surface area contributed by atoms with Crippen molar-refractivity contribution >= 4 is 5.91 Å². The number of hydrogen-bond acceptors (Lipinski definition) is 4. The van der Waals surface area contributed by atoms with Gasteiger partial charge in [0.25, 0.3) is 0 Å². The van der Waals surface area contributed by atoms with Gasteiger partial charge in [-0.1, -0.05) is 12.1 Å². The molecule has 2 N–H and O–H groups in total. The number of aliphatic hydroxyl groups is 1. The second-order valence-corrected chi connectivity index (χ2v) is 6.83. The molecule has 126 valence electrons. The summed E-state index contributed by atoms with van der Waals surface area (Å²) >= 11 is 0. The van der Waals surface area contributed by atoms with Crippen molar-refractivity contribution in [3.63, 3.8) is 0 Å². The van der Waals surface area contributed by atoms with Crippen molar-refractivity contribution < 1.29 is 14.6 Å². The molecule has 1 aromatic carbocycles. The maximum Gasteiger partial charge on any atom is 0.225 e. The van der Waals surface area contributed by atoms with E-state index in [1.807, 2.05) is 13.0 Å². The molecule has 1 aliphatic heterocycles. The average molecular weight is 318 g/mol. The van der Waals surface area contributed by atoms with E-state index in [9.17, 15) is 9.90 Å². The first-order chi connectivity index (χ1) is 11.1. The lowest BCUT2D eigenvalue weighted by molar-refractivity contribution is -0.126. The molecule has 1 aromatic rings. The summed E-state index contributed by atoms with van der Waals surface area (Å²) in [5.74, 6) is 0.943. The van der Waals surface area contributed by atoms with Crippen LogP contribution in [0.3, 0.4) is 0 Å². The summed E-state index contributed by atoms with van der Waals surface area (Å²) in [6.07, 6.45) is 2.19. The van der Waals surface area contributed by atoms with Gasteiger partial charge in [-0.2, -0.15) is 0 Å². The number of amides is 1. The summed E-state index contributed by atoms with van der Waals surface area (Å²) in [5.41, 5.74) is 2.33. The van der Waals surface area contributed by atoms with Gasteiger partial charge in [-0.05, 0) is 37.0 Å². The van der Waals surface area contributed by atoms with Crippen molar-refractivity contribution in [3.8, 4) is 5.75 Å². The maximum atomic E-state index is 12.3. The van der Waals surface area contributed by atoms with Crippen LogP contribution in [0.15, 0.2) is 18.2 Å². The van der Waals surface area contributed by atoms with Gasteiger partial charge in [-0.25, -0.2) is 0 Å². The van der Waals surface area contributed by atoms with Crippen molar-refractivity contribution in [2.75, 3.05) is 26.8 Å². The van der Waals surface area contributed by atoms with Gasteiger partial charge >= 0.3 is 0 Å². The highest BCUT2D eigenvalue weighted by Crippen LogP contribution is 2.28. The Hall–Kier alpha value is -1.59. The largest absolute Gasteiger partial charge is 0.496 e. The Bertz CT molecular complexity index is 571. The minimum Gasteiger partial charge on any atom is -0.496 e. The fourth-order valence-electron chi connectivity index (χ4n) is 3.40. The maximum absolute atomic E-state index is 12.3. The molecule has 1 saturated carbocycles. The van der Waals surface area contributed by atoms with Crippen LogP contribution in [0, 0.1) is 18.8 Å². The number of nitrogens with one attached hydrogen (secondary N) is 1. The number of benzene rings is 1. The van der Waals surface area contributed by atoms with E-state index in [1.54, 1.807) is 7.11 Å². The molecular formula is C18H26N2O3. The van der Waals surface area contributed by atoms with E-state index >= 15 is 0 Å². The van der Waals surface area contributed by atoms with Gasteiger partial charge in [-0.15, -0.1) is 0 Å². The van der Waals surface area contributed by atoms with Crippen LogP contribution in [0.25, 0.3) is 0 Å². The molecule has 2 aliphatic rings. The molecule has 2 atom stereocenters. The average Bonchev–Trinajstić information content (AvgIpc) is 3.25. The molecule has 0 radical (unpaired) electrons. The number of rotatable bonds is 6. The van der Waals surface area contributed by atoms with Crippen LogP contribution in [-0.2, 0) is 11.3 Å². The van der Waals surface area contributed by atoms with Crippen LogP contribution in [-0.4, -0.2) is 48.8 Å². The predicted molar refractivity (Wildman–Crippen MR) is 88.2 cm³/mol. The molecular weight excluding hydrogens is 292 g/mol. The van der Waals surface area contributed by atoms with Crippen molar-refractivity contribution in [1.82, 2.24) is 10.2 Å². The summed E-state index contributed by atoms with van der Waals surface area (Å²) in [4.78, 5) is 14.6. The Kier molecular flexibility index (Phi) is 4.87. The number of carbonyl (C=O) groups is 1. The fraction of sp³-hybridized carbons (Fsp3) is 0.611. The van der Waals surface area contributed by atoms with Crippen LogP contribution in [0.5, 0.6) is 5.75 Å². The minimum atomic E-state index is -0.0973. The lowest BCUT2D eigenvalue weighted by Crippen LogP contribution is -2.37. The van der Waals surface area contributed by atoms with Crippen molar-refractivity contribution in [2.24, 2.45) is 11.8 Å². The molecule has 3 rings (SSSR count). The van der Waals surface area contributed by atoms with E-state index in [-0.39, 0.29) is 24.3 Å². The Balaban J connectivity index is 1.62. The number of hydrogen-bond donors (Lipinski definition) is 2. The second kappa shape index (κ2) is 6.89. The Morgan fingerprint density at radius 2 is 2.17 bits per heavy atom. The molecule has 5 nitrogen and oxygen atoms in total. The number of carbonyl (C=O) groups excluding carboxylic acids is 1. The monoisotopic (exact) mass is 318 g/mol. The van der Waals surface area contributed by atoms with Gasteiger partial charge < -0.3 is 15.2 Å². The van der Waals surface area contributed by atoms with E-state index in [4.69, 9.17) is 4.74 Å². The van der Waals surface area contributed by atoms with Crippen molar-refractivity contribution in [3.05, 3.63) is 29.3 Å². The van der Waals surface area contributed by atoms with E-state index < -0.39 is 0 Å². The number of aryl methyl sites for hydroxylation is 1. The first-order valence-electron chi connectivity index (χ1n) is 8.37. The third-order valence-corrected chi connectivity index (χ3v) is 4.88. The molecule has 2 fully saturated rings. The Morgan fingerprint density at radius 1 is 1.39 bits per heavy atom. The van der Waals surface area contributed by atoms with Gasteiger partial charge in [0.15, 0.2) is 0 Å². The highest BCUT2D eigenvalue weighted by Gasteiger charge is 2.38. The lowest BCUT2D eigenvalue weighted by atomic mass is 9.96. The van der Waals surface area contributed by atoms with Gasteiger partial charge in [-0.3, -0.25) is 9.69 Å². The van der Waals surface area contributed by atoms with Crippen LogP contribution < -0.4 is 10.1 Å². The van der Waals surface area contributed by atoms with Crippen molar-refractivity contribution in [1.29, 1.82) is 0 Å². The molecule has 0 unspecified atom stereocenters. The first-order valence-corrected chi connectivity index (χ1v) is 8.37. The molecule has 1 heterocycles. The van der Waals surface area contributed by atoms with E-state index in [2.05, 4.69) is 22.3 Å². The number of ether oxygens (including phenoxy) is 1. The van der Waals surface area contributed by atoms with Crippen LogP contribution in [0.1, 0.15) is 24.0 Å². The highest BCUT2D eigenvalue weighted by atomic mass is 16.5. The predicted octanol–water partition coefficient (Wildman–Crippen LogP) is 1.32. The highest BCUT2D eigenvalue weighted by molar-refractivity contribution is 5.80. The number of nitrogens with zero attached hydrogens (tertiary/aromatic N) is 1. The molecule has 0 aromatic heterocycles. The van der Waals surface area contributed by atoms with Crippen LogP contribution in [0.4, 0.5) is 0 Å². The normalized spacial score (nSPS) is 24.7. The van der Waals surface area contributed by atoms with Gasteiger partial charge in [0, 0.05) is 38.2 Å². The fourth-order valence-corrected chi connectivity index (χ4v) is 3.40. The zero-order valence-corrected chi connectivity index (χ0v) is 13.9. The van der Waals surface area contributed by atoms with E-state index in [1.165, 1.54) is 5.56 Å². The lowest BCUT2D eigenvalue weighted by Gasteiger charge is -2.17. The zero-order chi connectivity index (χ0) is 16.4. The van der Waals surface area contributed by atoms with Gasteiger partial charge in [0.2, 0.25) is 5.91 Å². The number of likely N-dealkylation sites (tertiary alicyclic amines) is 1. The SMILES string of the molecule is COc1ccc(CN2C[C@@H](CO)[C@H](C(=O)NC3CC3)C2)cc1C. The minimum absolute atomic E-state index is 0.0353. The quantitative estimate of drug-likeness (QED) is 0.830. The van der Waals surface area contributed by atoms with Gasteiger partial charge in [0.05, 0.1) is 13.0 Å². The third-order valence-electron chi connectivity index (χ3n) is 4.88. The molecule has 5 heteroatoms. The number of aliphatic hydroxyl groups excluding tert-OH is 1. The third kappa shape index (κ3) is 3.85. The van der Waals surface area contributed by atoms with E-state index in [0.29, 0.717) is 6.04 Å². The summed E-state index contributed by atoms with van der Waals surface area (Å²) < 4.78 is 5.30. The summed E-state index contributed by atoms with van der Waals surface area (Å²) in [6, 6.07) is 6.56. The van der Waals surface area contributed by atoms with Crippen LogP contribution in [0.2, 0.25) is 0 Å². The second-order valence-electron chi connectivity index (χ2n) is 6.83. The van der Waals surface area contributed by atoms with Crippen molar-refractivity contribution in [2.45, 2.75) is 32.4 Å². The molecule has 1 aliphatic carbocycles. The Labute approximate surface area is 137 Å². The number of methoxy groups -OCH3 is 1. The van der Waals surface area contributed by atoms with Gasteiger partial charge in [0.1, 0.15) is 5.75 Å². The molecule has 0 spiro atoms. The molecule has 1 amide bonds. The Morgan fingerprint density at radius 3 is 2.78 bits per heavy atom.